The molecule has 9 heteroatoms. The van der Waals surface area contributed by atoms with Gasteiger partial charge in [-0.15, -0.1) is 0 Å². The Morgan fingerprint density at radius 3 is 2.79 bits per heavy atom. The summed E-state index contributed by atoms with van der Waals surface area (Å²) in [6.07, 6.45) is 5.66. The average Bonchev–Trinajstić information content (AvgIpc) is 2.84. The zero-order chi connectivity index (χ0) is 24.1. The molecule has 3 aliphatic rings. The van der Waals surface area contributed by atoms with Crippen LogP contribution in [0, 0.1) is 11.8 Å². The molecule has 4 rings (SSSR count). The number of carbonyl (C=O) groups is 1. The Morgan fingerprint density at radius 1 is 1.21 bits per heavy atom. The highest BCUT2D eigenvalue weighted by Crippen LogP contribution is 2.49. The number of ether oxygens (including phenoxy) is 1. The molecule has 1 amide bonds. The second-order valence-electron chi connectivity index (χ2n) is 9.19. The first-order valence-corrected chi connectivity index (χ1v) is 12.0. The van der Waals surface area contributed by atoms with Crippen LogP contribution in [0.4, 0.5) is 18.9 Å². The van der Waals surface area contributed by atoms with Gasteiger partial charge in [-0.3, -0.25) is 4.79 Å². The summed E-state index contributed by atoms with van der Waals surface area (Å²) in [5.74, 6) is 0.174. The molecule has 34 heavy (non-hydrogen) atoms. The Balaban J connectivity index is 1.48. The van der Waals surface area contributed by atoms with E-state index in [-0.39, 0.29) is 36.4 Å². The highest BCUT2D eigenvalue weighted by atomic mass is 19.4. The molecule has 2 heterocycles. The molecule has 1 fully saturated rings. The van der Waals surface area contributed by atoms with Crippen LogP contribution >= 0.6 is 0 Å². The summed E-state index contributed by atoms with van der Waals surface area (Å²) in [4.78, 5) is 12.1. The number of likely N-dealkylation sites (N-methyl/N-ethyl adjacent to an activating group) is 1. The molecule has 1 aromatic rings. The number of hydrogen-bond donors (Lipinski definition) is 4. The summed E-state index contributed by atoms with van der Waals surface area (Å²) in [6.45, 7) is 2.01. The molecule has 4 N–H and O–H groups in total. The number of carbonyl (C=O) groups excluding carboxylic acids is 1. The zero-order valence-electron chi connectivity index (χ0n) is 19.3. The maximum absolute atomic E-state index is 13.5. The van der Waals surface area contributed by atoms with Gasteiger partial charge in [-0.05, 0) is 44.5 Å². The standard InChI is InChI=1S/C25H33F3N4O2/c1-29-11-12-30-15-22(33)31-14-18-8-9-19-23(16-5-3-2-4-6-16)32-21-10-7-17(25(26,27)28)13-20(21)24(19)34-18/h2-5,7,10,13,16,18-19,23-24,29-30,32H,6,8-9,11-12,14-15H2,1H3,(H,31,33)/t16?,18-,19+,23+,24+/m1/s1. The molecular weight excluding hydrogens is 445 g/mol. The lowest BCUT2D eigenvalue weighted by molar-refractivity contribution is -0.138. The van der Waals surface area contributed by atoms with Crippen molar-refractivity contribution >= 4 is 11.6 Å². The number of alkyl halides is 3. The summed E-state index contributed by atoms with van der Waals surface area (Å²) in [5, 5.41) is 12.5. The minimum atomic E-state index is -4.42. The first kappa shape index (κ1) is 24.8. The number of amides is 1. The Labute approximate surface area is 198 Å². The molecule has 0 bridgehead atoms. The van der Waals surface area contributed by atoms with Gasteiger partial charge in [0.25, 0.3) is 0 Å². The van der Waals surface area contributed by atoms with Crippen molar-refractivity contribution in [3.8, 4) is 0 Å². The van der Waals surface area contributed by atoms with Gasteiger partial charge >= 0.3 is 6.18 Å². The predicted octanol–water partition coefficient (Wildman–Crippen LogP) is 3.39. The van der Waals surface area contributed by atoms with E-state index in [4.69, 9.17) is 4.74 Å². The lowest BCUT2D eigenvalue weighted by Crippen LogP contribution is -2.49. The molecule has 186 valence electrons. The lowest BCUT2D eigenvalue weighted by atomic mass is 9.73. The Kier molecular flexibility index (Phi) is 7.95. The molecule has 1 aromatic carbocycles. The summed E-state index contributed by atoms with van der Waals surface area (Å²) >= 11 is 0. The summed E-state index contributed by atoms with van der Waals surface area (Å²) in [7, 11) is 1.85. The fourth-order valence-electron chi connectivity index (χ4n) is 5.12. The minimum Gasteiger partial charge on any atom is -0.381 e. The van der Waals surface area contributed by atoms with E-state index in [1.807, 2.05) is 19.2 Å². The normalized spacial score (nSPS) is 28.1. The van der Waals surface area contributed by atoms with E-state index in [1.165, 1.54) is 12.1 Å². The van der Waals surface area contributed by atoms with Crippen molar-refractivity contribution in [1.29, 1.82) is 0 Å². The monoisotopic (exact) mass is 478 g/mol. The Morgan fingerprint density at radius 2 is 2.06 bits per heavy atom. The van der Waals surface area contributed by atoms with Crippen LogP contribution in [-0.4, -0.2) is 51.3 Å². The third-order valence-corrected chi connectivity index (χ3v) is 6.86. The number of halogens is 3. The van der Waals surface area contributed by atoms with Crippen LogP contribution in [-0.2, 0) is 15.7 Å². The molecule has 1 unspecified atom stereocenters. The van der Waals surface area contributed by atoms with Crippen LogP contribution in [0.3, 0.4) is 0 Å². The van der Waals surface area contributed by atoms with E-state index >= 15 is 0 Å². The number of rotatable bonds is 8. The van der Waals surface area contributed by atoms with E-state index in [1.54, 1.807) is 0 Å². The first-order valence-electron chi connectivity index (χ1n) is 12.0. The highest BCUT2D eigenvalue weighted by molar-refractivity contribution is 5.78. The van der Waals surface area contributed by atoms with Crippen LogP contribution < -0.4 is 21.3 Å². The minimum absolute atomic E-state index is 0.0484. The molecular formula is C25H33F3N4O2. The number of fused-ring (bicyclic) bond motifs is 3. The molecule has 6 nitrogen and oxygen atoms in total. The van der Waals surface area contributed by atoms with Gasteiger partial charge in [0.1, 0.15) is 0 Å². The van der Waals surface area contributed by atoms with Crippen LogP contribution in [0.2, 0.25) is 0 Å². The highest BCUT2D eigenvalue weighted by Gasteiger charge is 2.45. The van der Waals surface area contributed by atoms with Crippen LogP contribution in [0.5, 0.6) is 0 Å². The molecule has 1 aliphatic carbocycles. The van der Waals surface area contributed by atoms with Gasteiger partial charge < -0.3 is 26.0 Å². The summed E-state index contributed by atoms with van der Waals surface area (Å²) in [6, 6.07) is 3.94. The lowest BCUT2D eigenvalue weighted by Gasteiger charge is -2.47. The predicted molar refractivity (Wildman–Crippen MR) is 125 cm³/mol. The molecule has 2 aliphatic heterocycles. The SMILES string of the molecule is CNCCNCC(=O)NC[C@H]1CC[C@@H]2[C@H](O1)c1cc(C(F)(F)F)ccc1N[C@H]2C1C=CC=CC1. The molecule has 0 radical (unpaired) electrons. The van der Waals surface area contributed by atoms with Gasteiger partial charge in [0.05, 0.1) is 24.3 Å². The second-order valence-corrected chi connectivity index (χ2v) is 9.19. The zero-order valence-corrected chi connectivity index (χ0v) is 19.3. The first-order chi connectivity index (χ1) is 16.4. The van der Waals surface area contributed by atoms with Crippen molar-refractivity contribution in [3.63, 3.8) is 0 Å². The third-order valence-electron chi connectivity index (χ3n) is 6.86. The van der Waals surface area contributed by atoms with Crippen molar-refractivity contribution in [2.75, 3.05) is 38.5 Å². The second kappa shape index (κ2) is 10.9. The topological polar surface area (TPSA) is 74.4 Å². The van der Waals surface area contributed by atoms with Gasteiger partial charge in [0.15, 0.2) is 0 Å². The van der Waals surface area contributed by atoms with Crippen molar-refractivity contribution < 1.29 is 22.7 Å². The molecule has 1 saturated heterocycles. The van der Waals surface area contributed by atoms with Gasteiger partial charge in [-0.1, -0.05) is 24.3 Å². The number of nitrogens with one attached hydrogen (secondary N) is 4. The van der Waals surface area contributed by atoms with Crippen molar-refractivity contribution in [2.24, 2.45) is 11.8 Å². The Hall–Kier alpha value is -2.36. The third kappa shape index (κ3) is 5.82. The average molecular weight is 479 g/mol. The maximum atomic E-state index is 13.5. The van der Waals surface area contributed by atoms with E-state index in [0.29, 0.717) is 24.3 Å². The van der Waals surface area contributed by atoms with Crippen LogP contribution in [0.15, 0.2) is 42.5 Å². The quantitative estimate of drug-likeness (QED) is 0.431. The molecule has 0 aromatic heterocycles. The molecule has 0 spiro atoms. The number of anilines is 1. The van der Waals surface area contributed by atoms with Gasteiger partial charge in [-0.2, -0.15) is 13.2 Å². The van der Waals surface area contributed by atoms with E-state index in [9.17, 15) is 18.0 Å². The van der Waals surface area contributed by atoms with Gasteiger partial charge in [0, 0.05) is 48.8 Å². The smallest absolute Gasteiger partial charge is 0.381 e. The number of allylic oxidation sites excluding steroid dienone is 3. The molecule has 0 saturated carbocycles. The van der Waals surface area contributed by atoms with Crippen LogP contribution in [0.1, 0.15) is 36.5 Å². The van der Waals surface area contributed by atoms with Crippen molar-refractivity contribution in [2.45, 2.75) is 43.7 Å². The molecule has 5 atom stereocenters. The largest absolute Gasteiger partial charge is 0.416 e. The fourth-order valence-corrected chi connectivity index (χ4v) is 5.12. The maximum Gasteiger partial charge on any atom is 0.416 e. The van der Waals surface area contributed by atoms with E-state index in [2.05, 4.69) is 33.4 Å². The number of benzene rings is 1. The summed E-state index contributed by atoms with van der Waals surface area (Å²) < 4.78 is 46.8. The summed E-state index contributed by atoms with van der Waals surface area (Å²) in [5.41, 5.74) is 0.578. The number of hydrogen-bond acceptors (Lipinski definition) is 5. The van der Waals surface area contributed by atoms with Crippen molar-refractivity contribution in [1.82, 2.24) is 16.0 Å². The Bertz CT molecular complexity index is 918. The van der Waals surface area contributed by atoms with Crippen molar-refractivity contribution in [3.05, 3.63) is 53.6 Å². The van der Waals surface area contributed by atoms with E-state index in [0.717, 1.165) is 31.9 Å². The van der Waals surface area contributed by atoms with Crippen LogP contribution in [0.25, 0.3) is 0 Å². The fraction of sp³-hybridized carbons (Fsp3) is 0.560. The van der Waals surface area contributed by atoms with Gasteiger partial charge in [0.2, 0.25) is 5.91 Å². The van der Waals surface area contributed by atoms with E-state index < -0.39 is 17.8 Å². The van der Waals surface area contributed by atoms with Gasteiger partial charge in [-0.25, -0.2) is 0 Å².